The van der Waals surface area contributed by atoms with Crippen molar-refractivity contribution in [3.05, 3.63) is 65.9 Å². The molecule has 0 unspecified atom stereocenters. The van der Waals surface area contributed by atoms with Gasteiger partial charge >= 0.3 is 0 Å². The molecule has 0 aliphatic carbocycles. The molecule has 0 spiro atoms. The Bertz CT molecular complexity index is 884. The lowest BCUT2D eigenvalue weighted by molar-refractivity contribution is -0.128. The molecule has 0 saturated carbocycles. The second-order valence-electron chi connectivity index (χ2n) is 5.66. The predicted molar refractivity (Wildman–Crippen MR) is 95.0 cm³/mol. The molecular formula is C19H19N3O3. The van der Waals surface area contributed by atoms with E-state index in [1.807, 2.05) is 42.6 Å². The van der Waals surface area contributed by atoms with Gasteiger partial charge in [-0.2, -0.15) is 0 Å². The van der Waals surface area contributed by atoms with Gasteiger partial charge in [0, 0.05) is 17.1 Å². The molecule has 1 heterocycles. The second kappa shape index (κ2) is 7.53. The van der Waals surface area contributed by atoms with Crippen molar-refractivity contribution < 1.29 is 14.3 Å². The molecule has 0 aliphatic heterocycles. The van der Waals surface area contributed by atoms with Crippen molar-refractivity contribution in [2.45, 2.75) is 12.8 Å². The first-order chi connectivity index (χ1) is 12.2. The van der Waals surface area contributed by atoms with Gasteiger partial charge in [0.15, 0.2) is 0 Å². The first-order valence-corrected chi connectivity index (χ1v) is 7.91. The van der Waals surface area contributed by atoms with E-state index in [-0.39, 0.29) is 24.7 Å². The van der Waals surface area contributed by atoms with Crippen LogP contribution >= 0.6 is 0 Å². The first kappa shape index (κ1) is 16.6. The number of hydrogen-bond donors (Lipinski definition) is 3. The highest BCUT2D eigenvalue weighted by molar-refractivity contribution is 5.90. The second-order valence-corrected chi connectivity index (χ2v) is 5.66. The van der Waals surface area contributed by atoms with E-state index < -0.39 is 0 Å². The topological polar surface area (TPSA) is 83.2 Å². The maximum absolute atomic E-state index is 12.0. The highest BCUT2D eigenvalue weighted by Crippen LogP contribution is 2.17. The quantitative estimate of drug-likeness (QED) is 0.624. The van der Waals surface area contributed by atoms with E-state index in [4.69, 9.17) is 4.74 Å². The van der Waals surface area contributed by atoms with Crippen molar-refractivity contribution in [2.75, 3.05) is 7.11 Å². The minimum Gasteiger partial charge on any atom is -0.497 e. The fourth-order valence-electron chi connectivity index (χ4n) is 2.61. The van der Waals surface area contributed by atoms with Gasteiger partial charge in [-0.25, -0.2) is 0 Å². The van der Waals surface area contributed by atoms with Gasteiger partial charge in [0.25, 0.3) is 0 Å². The zero-order valence-corrected chi connectivity index (χ0v) is 13.8. The zero-order chi connectivity index (χ0) is 17.6. The Labute approximate surface area is 145 Å². The van der Waals surface area contributed by atoms with Crippen LogP contribution in [0.25, 0.3) is 10.9 Å². The number of aromatic nitrogens is 1. The van der Waals surface area contributed by atoms with Crippen molar-refractivity contribution in [1.29, 1.82) is 0 Å². The van der Waals surface area contributed by atoms with Gasteiger partial charge in [0.05, 0.1) is 20.0 Å². The lowest BCUT2D eigenvalue weighted by Crippen LogP contribution is -2.43. The van der Waals surface area contributed by atoms with E-state index in [1.165, 1.54) is 0 Å². The summed E-state index contributed by atoms with van der Waals surface area (Å²) in [7, 11) is 1.59. The maximum atomic E-state index is 12.0. The van der Waals surface area contributed by atoms with E-state index in [1.54, 1.807) is 19.2 Å². The smallest absolute Gasteiger partial charge is 0.242 e. The van der Waals surface area contributed by atoms with E-state index in [0.29, 0.717) is 0 Å². The standard InChI is InChI=1S/C19H19N3O3/c1-25-15-8-6-13(7-9-15)10-18(23)21-22-19(24)11-14-12-20-17-5-3-2-4-16(14)17/h2-9,12,20H,10-11H2,1H3,(H,21,23)(H,22,24). The van der Waals surface area contributed by atoms with Crippen LogP contribution in [0.3, 0.4) is 0 Å². The minimum atomic E-state index is -0.280. The molecule has 0 atom stereocenters. The number of hydrogen-bond acceptors (Lipinski definition) is 3. The van der Waals surface area contributed by atoms with Crippen molar-refractivity contribution in [1.82, 2.24) is 15.8 Å². The third-order valence-corrected chi connectivity index (χ3v) is 3.89. The van der Waals surface area contributed by atoms with Gasteiger partial charge in [-0.15, -0.1) is 0 Å². The number of fused-ring (bicyclic) bond motifs is 1. The number of ether oxygens (including phenoxy) is 1. The first-order valence-electron chi connectivity index (χ1n) is 7.91. The number of rotatable bonds is 5. The zero-order valence-electron chi connectivity index (χ0n) is 13.8. The van der Waals surface area contributed by atoms with Crippen LogP contribution in [-0.4, -0.2) is 23.9 Å². The van der Waals surface area contributed by atoms with E-state index in [2.05, 4.69) is 15.8 Å². The molecule has 3 rings (SSSR count). The van der Waals surface area contributed by atoms with Gasteiger partial charge < -0.3 is 9.72 Å². The highest BCUT2D eigenvalue weighted by atomic mass is 16.5. The predicted octanol–water partition coefficient (Wildman–Crippen LogP) is 2.11. The SMILES string of the molecule is COc1ccc(CC(=O)NNC(=O)Cc2c[nH]c3ccccc23)cc1. The Morgan fingerprint density at radius 1 is 0.960 bits per heavy atom. The van der Waals surface area contributed by atoms with Gasteiger partial charge in [-0.3, -0.25) is 20.4 Å². The molecule has 6 nitrogen and oxygen atoms in total. The Balaban J connectivity index is 1.50. The van der Waals surface area contributed by atoms with Crippen LogP contribution in [0.15, 0.2) is 54.7 Å². The molecule has 0 fully saturated rings. The number of methoxy groups -OCH3 is 1. The molecule has 0 aliphatic rings. The fraction of sp³-hybridized carbons (Fsp3) is 0.158. The Kier molecular flexibility index (Phi) is 4.99. The molecule has 128 valence electrons. The number of benzene rings is 2. The van der Waals surface area contributed by atoms with Crippen molar-refractivity contribution in [2.24, 2.45) is 0 Å². The summed E-state index contributed by atoms with van der Waals surface area (Å²) in [6.07, 6.45) is 2.17. The van der Waals surface area contributed by atoms with Crippen molar-refractivity contribution in [3.63, 3.8) is 0 Å². The largest absolute Gasteiger partial charge is 0.497 e. The molecule has 6 heteroatoms. The summed E-state index contributed by atoms with van der Waals surface area (Å²) in [4.78, 5) is 27.1. The average molecular weight is 337 g/mol. The van der Waals surface area contributed by atoms with Crippen molar-refractivity contribution >= 4 is 22.7 Å². The number of para-hydroxylation sites is 1. The summed E-state index contributed by atoms with van der Waals surface area (Å²) in [6, 6.07) is 15.0. The Morgan fingerprint density at radius 3 is 2.36 bits per heavy atom. The number of hydrazine groups is 1. The van der Waals surface area contributed by atoms with E-state index in [0.717, 1.165) is 27.8 Å². The molecule has 0 bridgehead atoms. The van der Waals surface area contributed by atoms with Gasteiger partial charge in [-0.1, -0.05) is 30.3 Å². The summed E-state index contributed by atoms with van der Waals surface area (Å²) in [5, 5.41) is 1.00. The Morgan fingerprint density at radius 2 is 1.64 bits per heavy atom. The van der Waals surface area contributed by atoms with E-state index >= 15 is 0 Å². The fourth-order valence-corrected chi connectivity index (χ4v) is 2.61. The number of nitrogens with one attached hydrogen (secondary N) is 3. The molecule has 25 heavy (non-hydrogen) atoms. The lowest BCUT2D eigenvalue weighted by atomic mass is 10.1. The molecule has 2 aromatic carbocycles. The molecule has 0 radical (unpaired) electrons. The molecule has 3 aromatic rings. The maximum Gasteiger partial charge on any atom is 0.242 e. The lowest BCUT2D eigenvalue weighted by Gasteiger charge is -2.08. The van der Waals surface area contributed by atoms with Crippen LogP contribution in [0.5, 0.6) is 5.75 Å². The monoisotopic (exact) mass is 337 g/mol. The van der Waals surface area contributed by atoms with Crippen LogP contribution < -0.4 is 15.6 Å². The molecular weight excluding hydrogens is 318 g/mol. The molecule has 3 N–H and O–H groups in total. The normalized spacial score (nSPS) is 10.4. The minimum absolute atomic E-state index is 0.178. The van der Waals surface area contributed by atoms with Crippen LogP contribution in [0, 0.1) is 0 Å². The summed E-state index contributed by atoms with van der Waals surface area (Å²) in [5.74, 6) is 0.182. The third-order valence-electron chi connectivity index (χ3n) is 3.89. The summed E-state index contributed by atoms with van der Waals surface area (Å²) >= 11 is 0. The van der Waals surface area contributed by atoms with Crippen LogP contribution in [0.2, 0.25) is 0 Å². The number of carbonyl (C=O) groups excluding carboxylic acids is 2. The molecule has 2 amide bonds. The number of amides is 2. The van der Waals surface area contributed by atoms with Gasteiger partial charge in [0.1, 0.15) is 5.75 Å². The Hall–Kier alpha value is -3.28. The van der Waals surface area contributed by atoms with Crippen LogP contribution in [-0.2, 0) is 22.4 Å². The summed E-state index contributed by atoms with van der Waals surface area (Å²) in [6.45, 7) is 0. The molecule has 1 aromatic heterocycles. The summed E-state index contributed by atoms with van der Waals surface area (Å²) < 4.78 is 5.07. The van der Waals surface area contributed by atoms with Gasteiger partial charge in [0.2, 0.25) is 11.8 Å². The van der Waals surface area contributed by atoms with Gasteiger partial charge in [-0.05, 0) is 29.3 Å². The third kappa shape index (κ3) is 4.17. The van der Waals surface area contributed by atoms with E-state index in [9.17, 15) is 9.59 Å². The average Bonchev–Trinajstić information content (AvgIpc) is 3.04. The van der Waals surface area contributed by atoms with Crippen LogP contribution in [0.1, 0.15) is 11.1 Å². The number of H-pyrrole nitrogens is 1. The highest BCUT2D eigenvalue weighted by Gasteiger charge is 2.10. The van der Waals surface area contributed by atoms with Crippen molar-refractivity contribution in [3.8, 4) is 5.75 Å². The molecule has 0 saturated heterocycles. The number of aromatic amines is 1. The number of carbonyl (C=O) groups is 2. The van der Waals surface area contributed by atoms with Crippen LogP contribution in [0.4, 0.5) is 0 Å². The summed E-state index contributed by atoms with van der Waals surface area (Å²) in [5.41, 5.74) is 7.60.